The summed E-state index contributed by atoms with van der Waals surface area (Å²) in [6.45, 7) is 2.16. The molecule has 0 atom stereocenters. The van der Waals surface area contributed by atoms with Gasteiger partial charge < -0.3 is 0 Å². The van der Waals surface area contributed by atoms with Crippen molar-refractivity contribution in [2.45, 2.75) is 56.9 Å². The van der Waals surface area contributed by atoms with Crippen LogP contribution in [0.1, 0.15) is 50.5 Å². The van der Waals surface area contributed by atoms with E-state index < -0.39 is 0 Å². The minimum absolute atomic E-state index is 0.215. The number of hydrogen-bond donors (Lipinski definition) is 0. The maximum absolute atomic E-state index is 13.1. The highest BCUT2D eigenvalue weighted by Gasteiger charge is 2.45. The first-order chi connectivity index (χ1) is 10.2. The first-order valence-corrected chi connectivity index (χ1v) is 8.47. The van der Waals surface area contributed by atoms with Gasteiger partial charge in [0.1, 0.15) is 0 Å². The van der Waals surface area contributed by atoms with Crippen molar-refractivity contribution in [3.63, 3.8) is 0 Å². The van der Waals surface area contributed by atoms with Gasteiger partial charge in [0.2, 0.25) is 0 Å². The molecule has 0 aromatic carbocycles. The van der Waals surface area contributed by atoms with Crippen molar-refractivity contribution >= 4 is 17.4 Å². The van der Waals surface area contributed by atoms with Gasteiger partial charge in [0.15, 0.2) is 5.78 Å². The Bertz CT molecular complexity index is 505. The second-order valence-electron chi connectivity index (χ2n) is 6.35. The number of ketones is 1. The largest absolute Gasteiger partial charge is 0.297 e. The van der Waals surface area contributed by atoms with E-state index in [2.05, 4.69) is 9.88 Å². The van der Waals surface area contributed by atoms with Gasteiger partial charge in [-0.05, 0) is 50.4 Å². The lowest BCUT2D eigenvalue weighted by Gasteiger charge is -2.42. The van der Waals surface area contributed by atoms with Gasteiger partial charge >= 0.3 is 0 Å². The molecule has 1 aliphatic carbocycles. The lowest BCUT2D eigenvalue weighted by Crippen LogP contribution is -2.55. The second-order valence-corrected chi connectivity index (χ2v) is 6.76. The number of Topliss-reactive ketones (excluding diaryl/α,β-unsaturated/α-hetero) is 1. The summed E-state index contributed by atoms with van der Waals surface area (Å²) in [4.78, 5) is 19.5. The fraction of sp³-hybridized carbons (Fsp3) is 0.647. The van der Waals surface area contributed by atoms with Crippen molar-refractivity contribution in [2.24, 2.45) is 0 Å². The number of likely N-dealkylation sites (tertiary alicyclic amines) is 1. The van der Waals surface area contributed by atoms with Crippen LogP contribution in [0, 0.1) is 0 Å². The molecule has 1 aromatic rings. The molecule has 3 nitrogen and oxygen atoms in total. The standard InChI is InChI=1S/C17H23ClN2O/c18-15-13-19-9-6-14(15)12-16(21)17(7-2-3-8-17)20-10-4-1-5-11-20/h6,9,13H,1-5,7-8,10-12H2. The Morgan fingerprint density at radius 2 is 1.90 bits per heavy atom. The third kappa shape index (κ3) is 3.00. The molecule has 0 radical (unpaired) electrons. The van der Waals surface area contributed by atoms with Gasteiger partial charge in [-0.15, -0.1) is 0 Å². The van der Waals surface area contributed by atoms with E-state index in [4.69, 9.17) is 11.6 Å². The molecule has 114 valence electrons. The number of halogens is 1. The van der Waals surface area contributed by atoms with E-state index >= 15 is 0 Å². The van der Waals surface area contributed by atoms with Crippen LogP contribution in [0.5, 0.6) is 0 Å². The summed E-state index contributed by atoms with van der Waals surface area (Å²) < 4.78 is 0. The molecule has 0 amide bonds. The van der Waals surface area contributed by atoms with Gasteiger partial charge in [-0.25, -0.2) is 0 Å². The molecule has 21 heavy (non-hydrogen) atoms. The number of aromatic nitrogens is 1. The van der Waals surface area contributed by atoms with Crippen LogP contribution in [0.4, 0.5) is 0 Å². The number of nitrogens with zero attached hydrogens (tertiary/aromatic N) is 2. The molecule has 0 unspecified atom stereocenters. The third-order valence-corrected chi connectivity index (χ3v) is 5.46. The average Bonchev–Trinajstić information content (AvgIpc) is 3.01. The number of piperidine rings is 1. The molecule has 0 N–H and O–H groups in total. The fourth-order valence-electron chi connectivity index (χ4n) is 3.94. The highest BCUT2D eigenvalue weighted by atomic mass is 35.5. The molecule has 1 aliphatic heterocycles. The number of pyridine rings is 1. The van der Waals surface area contributed by atoms with Crippen LogP contribution in [-0.4, -0.2) is 34.3 Å². The molecule has 2 aliphatic rings. The molecule has 2 fully saturated rings. The van der Waals surface area contributed by atoms with Crippen LogP contribution >= 0.6 is 11.6 Å². The SMILES string of the molecule is O=C(Cc1ccncc1Cl)C1(N2CCCCC2)CCCC1. The normalized spacial score (nSPS) is 22.3. The van der Waals surface area contributed by atoms with Crippen LogP contribution in [0.2, 0.25) is 5.02 Å². The Hall–Kier alpha value is -0.930. The van der Waals surface area contributed by atoms with E-state index in [1.807, 2.05) is 6.07 Å². The first-order valence-electron chi connectivity index (χ1n) is 8.09. The highest BCUT2D eigenvalue weighted by molar-refractivity contribution is 6.31. The number of carbonyl (C=O) groups excluding carboxylic acids is 1. The Morgan fingerprint density at radius 1 is 1.19 bits per heavy atom. The average molecular weight is 307 g/mol. The van der Waals surface area contributed by atoms with Crippen LogP contribution < -0.4 is 0 Å². The monoisotopic (exact) mass is 306 g/mol. The van der Waals surface area contributed by atoms with Crippen molar-refractivity contribution in [3.8, 4) is 0 Å². The Balaban J connectivity index is 1.80. The number of hydrogen-bond acceptors (Lipinski definition) is 3. The zero-order chi connectivity index (χ0) is 14.7. The quantitative estimate of drug-likeness (QED) is 0.851. The Labute approximate surface area is 131 Å². The molecule has 0 spiro atoms. The second kappa shape index (κ2) is 6.45. The molecule has 2 heterocycles. The van der Waals surface area contributed by atoms with Gasteiger partial charge in [0.25, 0.3) is 0 Å². The van der Waals surface area contributed by atoms with Crippen molar-refractivity contribution in [3.05, 3.63) is 29.0 Å². The summed E-state index contributed by atoms with van der Waals surface area (Å²) in [5.41, 5.74) is 0.701. The summed E-state index contributed by atoms with van der Waals surface area (Å²) in [6, 6.07) is 1.87. The van der Waals surface area contributed by atoms with Crippen molar-refractivity contribution < 1.29 is 4.79 Å². The predicted molar refractivity (Wildman–Crippen MR) is 84.6 cm³/mol. The molecule has 1 aromatic heterocycles. The summed E-state index contributed by atoms with van der Waals surface area (Å²) in [5.74, 6) is 0.356. The third-order valence-electron chi connectivity index (χ3n) is 5.12. The van der Waals surface area contributed by atoms with E-state index in [1.165, 1.54) is 32.1 Å². The number of rotatable bonds is 4. The van der Waals surface area contributed by atoms with Crippen LogP contribution in [0.25, 0.3) is 0 Å². The lowest BCUT2D eigenvalue weighted by atomic mass is 9.85. The number of carbonyl (C=O) groups is 1. The van der Waals surface area contributed by atoms with E-state index in [9.17, 15) is 4.79 Å². The topological polar surface area (TPSA) is 33.2 Å². The molecule has 1 saturated carbocycles. The minimum Gasteiger partial charge on any atom is -0.297 e. The zero-order valence-corrected chi connectivity index (χ0v) is 13.2. The van der Waals surface area contributed by atoms with E-state index in [1.54, 1.807) is 12.4 Å². The molecule has 3 rings (SSSR count). The summed E-state index contributed by atoms with van der Waals surface area (Å²) in [7, 11) is 0. The zero-order valence-electron chi connectivity index (χ0n) is 12.5. The smallest absolute Gasteiger partial charge is 0.157 e. The van der Waals surface area contributed by atoms with Crippen LogP contribution in [-0.2, 0) is 11.2 Å². The van der Waals surface area contributed by atoms with Crippen molar-refractivity contribution in [1.82, 2.24) is 9.88 Å². The Morgan fingerprint density at radius 3 is 2.57 bits per heavy atom. The van der Waals surface area contributed by atoms with Crippen LogP contribution in [0.15, 0.2) is 18.5 Å². The van der Waals surface area contributed by atoms with Gasteiger partial charge in [0, 0.05) is 18.8 Å². The summed E-state index contributed by atoms with van der Waals surface area (Å²) in [6.07, 6.45) is 11.9. The van der Waals surface area contributed by atoms with Gasteiger partial charge in [-0.2, -0.15) is 0 Å². The molecule has 1 saturated heterocycles. The van der Waals surface area contributed by atoms with Crippen molar-refractivity contribution in [2.75, 3.05) is 13.1 Å². The highest BCUT2D eigenvalue weighted by Crippen LogP contribution is 2.38. The molecule has 0 bridgehead atoms. The minimum atomic E-state index is -0.215. The van der Waals surface area contributed by atoms with E-state index in [0.717, 1.165) is 31.5 Å². The lowest BCUT2D eigenvalue weighted by molar-refractivity contribution is -0.131. The fourth-order valence-corrected chi connectivity index (χ4v) is 4.12. The molecular weight excluding hydrogens is 284 g/mol. The van der Waals surface area contributed by atoms with Gasteiger partial charge in [-0.1, -0.05) is 30.9 Å². The van der Waals surface area contributed by atoms with E-state index in [0.29, 0.717) is 17.2 Å². The first kappa shape index (κ1) is 15.0. The van der Waals surface area contributed by atoms with Gasteiger partial charge in [-0.3, -0.25) is 14.7 Å². The van der Waals surface area contributed by atoms with E-state index in [-0.39, 0.29) is 5.54 Å². The Kier molecular flexibility index (Phi) is 4.60. The maximum atomic E-state index is 13.1. The predicted octanol–water partition coefficient (Wildman–Crippen LogP) is 3.65. The molecule has 4 heteroatoms. The molecular formula is C17H23ClN2O. The van der Waals surface area contributed by atoms with Gasteiger partial charge in [0.05, 0.1) is 10.6 Å². The van der Waals surface area contributed by atoms with Crippen LogP contribution in [0.3, 0.4) is 0 Å². The summed E-state index contributed by atoms with van der Waals surface area (Å²) >= 11 is 6.18. The summed E-state index contributed by atoms with van der Waals surface area (Å²) in [5, 5.41) is 0.609. The maximum Gasteiger partial charge on any atom is 0.157 e. The van der Waals surface area contributed by atoms with Crippen molar-refractivity contribution in [1.29, 1.82) is 0 Å².